The number of rotatable bonds is 6. The Labute approximate surface area is 558 Å². The summed E-state index contributed by atoms with van der Waals surface area (Å²) in [5, 5.41) is -6.56. The van der Waals surface area contributed by atoms with E-state index in [1.54, 1.807) is 15.0 Å². The maximum Gasteiger partial charge on any atom is 0.200 e. The summed E-state index contributed by atoms with van der Waals surface area (Å²) >= 11 is 0. The molecule has 7 heterocycles. The molecule has 106 heavy (non-hydrogen) atoms. The lowest BCUT2D eigenvalue weighted by Crippen LogP contribution is -2.23. The van der Waals surface area contributed by atoms with E-state index in [2.05, 4.69) is 4.99 Å². The Balaban J connectivity index is 1.31. The van der Waals surface area contributed by atoms with Gasteiger partial charge in [-0.15, -0.1) is 0 Å². The Kier molecular flexibility index (Phi) is 17.3. The van der Waals surface area contributed by atoms with Crippen LogP contribution in [-0.4, -0.2) is 30.6 Å². The van der Waals surface area contributed by atoms with E-state index in [-0.39, 0.29) is 48.5 Å². The summed E-state index contributed by atoms with van der Waals surface area (Å²) in [4.78, 5) is 12.0. The molecule has 2 aliphatic rings. The highest BCUT2D eigenvalue weighted by Gasteiger charge is 2.43. The van der Waals surface area contributed by atoms with E-state index in [9.17, 15) is 26.3 Å². The van der Waals surface area contributed by atoms with Crippen LogP contribution in [0, 0.1) is 186 Å². The third-order valence-electron chi connectivity index (χ3n) is 16.5. The molecular weight excluding hydrogens is 1520 g/mol. The minimum Gasteiger partial charge on any atom is -0.357 e. The number of aliphatic imine (C=N–C) groups is 1. The lowest BCUT2D eigenvalue weighted by atomic mass is 9.91. The van der Waals surface area contributed by atoms with Gasteiger partial charge in [-0.1, -0.05) is 0 Å². The molecule has 0 amide bonds. The Morgan fingerprint density at radius 3 is 0.858 bits per heavy atom. The Bertz CT molecular complexity index is 6040. The van der Waals surface area contributed by atoms with Gasteiger partial charge in [0.25, 0.3) is 0 Å². The van der Waals surface area contributed by atoms with Gasteiger partial charge in [0.1, 0.15) is 11.4 Å². The van der Waals surface area contributed by atoms with E-state index in [0.29, 0.717) is 0 Å². The Morgan fingerprint density at radius 2 is 0.491 bits per heavy atom. The van der Waals surface area contributed by atoms with E-state index in [1.165, 1.54) is 4.98 Å². The number of H-pyrrole nitrogens is 5. The highest BCUT2D eigenvalue weighted by molar-refractivity contribution is 6.32. The van der Waals surface area contributed by atoms with Crippen LogP contribution >= 0.6 is 0 Å². The molecule has 0 fully saturated rings. The number of allylic oxidation sites excluding steroid dienone is 2. The zero-order valence-electron chi connectivity index (χ0n) is 49.5. The third-order valence-corrected chi connectivity index (χ3v) is 16.5. The smallest absolute Gasteiger partial charge is 0.200 e. The van der Waals surface area contributed by atoms with Gasteiger partial charge in [0, 0.05) is 77.6 Å². The summed E-state index contributed by atoms with van der Waals surface area (Å²) in [6, 6.07) is 0.830. The van der Waals surface area contributed by atoms with Crippen LogP contribution in [0.2, 0.25) is 0 Å². The number of aromatic amines is 5. The molecule has 6 nitrogen and oxygen atoms in total. The summed E-state index contributed by atoms with van der Waals surface area (Å²) in [7, 11) is 0. The van der Waals surface area contributed by atoms with Gasteiger partial charge in [-0.3, -0.25) is 0 Å². The van der Waals surface area contributed by atoms with Crippen LogP contribution in [-0.2, 0) is 0 Å². The highest BCUT2D eigenvalue weighted by Crippen LogP contribution is 2.47. The van der Waals surface area contributed by atoms with Crippen molar-refractivity contribution in [1.82, 2.24) is 24.9 Å². The SMILES string of the molecule is FC1=C(F)/C2=C(\c3c(F)c(F)c(F)c(F)c3F)c3ccc([nH]3)/C(c3c(F)c(F)c(F)c(F)c3F)=c3/cc/c([nH]3)=C(\c3c(F)c(F)c(F)c(F)c3F)c3[nH]c(c(F)c3F)[C@H](c3c(F)c(F)c(F)c(F)c3F)c3ccc([nH]3)/C(c3c(F)c(F)c(F)c(F)c3F)=c3/cc/c([nH]3)=C(\c3c(F)c(F)c(F)c(F)c3F)C1=N2. The number of halogens is 34. The van der Waals surface area contributed by atoms with E-state index >= 15 is 123 Å². The number of hydrogen-bond donors (Lipinski definition) is 5. The van der Waals surface area contributed by atoms with Crippen molar-refractivity contribution in [2.24, 2.45) is 4.99 Å². The van der Waals surface area contributed by atoms with Crippen molar-refractivity contribution < 1.29 is 149 Å². The van der Waals surface area contributed by atoms with E-state index in [4.69, 9.17) is 0 Å². The molecule has 0 radical (unpaired) electrons. The van der Waals surface area contributed by atoms with Gasteiger partial charge in [0.2, 0.25) is 34.9 Å². The van der Waals surface area contributed by atoms with Crippen LogP contribution in [0.5, 0.6) is 0 Å². The first-order valence-corrected chi connectivity index (χ1v) is 28.1. The van der Waals surface area contributed by atoms with Crippen molar-refractivity contribution in [2.45, 2.75) is 5.92 Å². The molecule has 5 aromatic heterocycles. The van der Waals surface area contributed by atoms with Gasteiger partial charge in [0.05, 0.1) is 45.1 Å². The fourth-order valence-electron chi connectivity index (χ4n) is 11.8. The Hall–Kier alpha value is -12.0. The number of hydrogen-bond acceptors (Lipinski definition) is 1. The third kappa shape index (κ3) is 10.3. The first-order chi connectivity index (χ1) is 49.8. The maximum atomic E-state index is 17.4. The molecular formula is C66H14F34N6. The van der Waals surface area contributed by atoms with Crippen molar-refractivity contribution in [3.05, 3.63) is 341 Å². The van der Waals surface area contributed by atoms with Crippen molar-refractivity contribution in [2.75, 3.05) is 0 Å². The molecule has 0 unspecified atom stereocenters. The fraction of sp³-hybridized carbons (Fsp3) is 0.0152. The van der Waals surface area contributed by atoms with Gasteiger partial charge in [0.15, 0.2) is 163 Å². The van der Waals surface area contributed by atoms with Crippen LogP contribution in [0.25, 0.3) is 27.9 Å². The van der Waals surface area contributed by atoms with Crippen LogP contribution in [0.4, 0.5) is 149 Å². The van der Waals surface area contributed by atoms with Crippen LogP contribution in [0.15, 0.2) is 70.9 Å². The number of nitrogens with one attached hydrogen (secondary N) is 5. The summed E-state index contributed by atoms with van der Waals surface area (Å²) in [5.41, 5.74) is -41.2. The first-order valence-electron chi connectivity index (χ1n) is 28.1. The number of aromatic nitrogens is 5. The van der Waals surface area contributed by atoms with Crippen molar-refractivity contribution in [1.29, 1.82) is 0 Å². The van der Waals surface area contributed by atoms with Gasteiger partial charge >= 0.3 is 0 Å². The summed E-state index contributed by atoms with van der Waals surface area (Å²) in [6.07, 6.45) is 0. The molecule has 0 aliphatic carbocycles. The predicted molar refractivity (Wildman–Crippen MR) is 291 cm³/mol. The lowest BCUT2D eigenvalue weighted by molar-refractivity contribution is 0.368. The molecule has 0 saturated carbocycles. The largest absolute Gasteiger partial charge is 0.357 e. The minimum absolute atomic E-state index is 0.0618. The minimum atomic E-state index is -3.58. The van der Waals surface area contributed by atoms with E-state index < -0.39 is 332 Å². The summed E-state index contributed by atoms with van der Waals surface area (Å²) in [5.74, 6) is -108. The lowest BCUT2D eigenvalue weighted by Gasteiger charge is -2.19. The van der Waals surface area contributed by atoms with Gasteiger partial charge in [-0.2, -0.15) is 0 Å². The van der Waals surface area contributed by atoms with Crippen LogP contribution < -0.4 is 21.4 Å². The quantitative estimate of drug-likeness (QED) is 0.0624. The molecule has 40 heteroatoms. The zero-order chi connectivity index (χ0) is 77.4. The molecule has 0 spiro atoms. The summed E-state index contributed by atoms with van der Waals surface area (Å²) in [6.45, 7) is 0. The highest BCUT2D eigenvalue weighted by atomic mass is 19.2. The number of benzene rings is 6. The molecule has 13 rings (SSSR count). The summed E-state index contributed by atoms with van der Waals surface area (Å²) < 4.78 is 543. The van der Waals surface area contributed by atoms with Crippen LogP contribution in [0.1, 0.15) is 73.5 Å². The molecule has 1 atom stereocenters. The van der Waals surface area contributed by atoms with Gasteiger partial charge < -0.3 is 24.9 Å². The maximum absolute atomic E-state index is 17.4. The van der Waals surface area contributed by atoms with Gasteiger partial charge in [-0.05, 0) is 48.5 Å². The average molecular weight is 1540 g/mol. The van der Waals surface area contributed by atoms with Crippen molar-refractivity contribution >= 4 is 33.6 Å². The van der Waals surface area contributed by atoms with Crippen molar-refractivity contribution in [3.63, 3.8) is 0 Å². The predicted octanol–water partition coefficient (Wildman–Crippen LogP) is 16.3. The molecule has 0 saturated heterocycles. The molecule has 11 aromatic rings. The molecule has 546 valence electrons. The first kappa shape index (κ1) is 72.3. The average Bonchev–Trinajstić information content (AvgIpc) is 1.56. The number of nitrogens with zero attached hydrogens (tertiary/aromatic N) is 1. The van der Waals surface area contributed by atoms with Gasteiger partial charge in [-0.25, -0.2) is 154 Å². The van der Waals surface area contributed by atoms with E-state index in [1.807, 2.05) is 4.98 Å². The monoisotopic (exact) mass is 1540 g/mol. The fourth-order valence-corrected chi connectivity index (χ4v) is 11.8. The molecule has 2 aliphatic heterocycles. The molecule has 5 N–H and O–H groups in total. The number of fused-ring (bicyclic) bond motifs is 11. The van der Waals surface area contributed by atoms with Crippen molar-refractivity contribution in [3.8, 4) is 0 Å². The normalized spacial score (nSPS) is 17.0. The standard InChI is InChI=1S/C66H14F34N6/c67-29-23(30(68)42(80)53(91)41(29)79)17-9-1-5-13(101-9)19(25-33(71)45(83)55(93)46(84)34(25)72)63-59(97)60(98)64(105-63)21(27-37(75)49(87)57(95)50(88)38(27)76)15-7-3-11(103-15)18(24-31(69)43(81)54(92)44(82)32(24)70)12-4-8-16(104-12)22(28-39(77)51(89)58(96)52(90)40(28)78)66-62(100)61(99)65(106-66)20(14-6-2-10(17)102-14)26-35(73)47(85)56(94)48(86)36(26)74/h1-8,19,101-105H/b17-10+,18-11+,20-14-,21-15-,66-22+/t19-/m0/s1. The Morgan fingerprint density at radius 1 is 0.217 bits per heavy atom. The zero-order valence-corrected chi connectivity index (χ0v) is 49.5. The second-order valence-electron chi connectivity index (χ2n) is 22.2. The molecule has 6 aromatic carbocycles. The van der Waals surface area contributed by atoms with E-state index in [0.717, 1.165) is 0 Å². The topological polar surface area (TPSA) is 91.3 Å². The second-order valence-corrected chi connectivity index (χ2v) is 22.2. The molecule has 12 bridgehead atoms. The second kappa shape index (κ2) is 25.4. The van der Waals surface area contributed by atoms with Crippen LogP contribution in [0.3, 0.4) is 0 Å².